The van der Waals surface area contributed by atoms with Crippen molar-refractivity contribution in [1.82, 2.24) is 0 Å². The number of nitrogens with two attached hydrogens (primary N) is 2. The first-order valence-electron chi connectivity index (χ1n) is 2.92. The Labute approximate surface area is 75.4 Å². The maximum Gasteiger partial charge on any atom is 0.193 e. The van der Waals surface area contributed by atoms with E-state index >= 15 is 0 Å². The van der Waals surface area contributed by atoms with Crippen LogP contribution in [0.25, 0.3) is 0 Å². The smallest absolute Gasteiger partial charge is 0.193 e. The number of hydrogen-bond donors (Lipinski definition) is 3. The lowest BCUT2D eigenvalue weighted by atomic mass is 10.3. The van der Waals surface area contributed by atoms with Gasteiger partial charge in [-0.2, -0.15) is 0 Å². The van der Waals surface area contributed by atoms with Crippen LogP contribution in [0.3, 0.4) is 0 Å². The summed E-state index contributed by atoms with van der Waals surface area (Å²) in [6.45, 7) is 0. The van der Waals surface area contributed by atoms with Crippen LogP contribution in [-0.2, 0) is 0 Å². The van der Waals surface area contributed by atoms with Crippen LogP contribution in [-0.4, -0.2) is 12.2 Å². The molecule has 0 amide bonds. The number of furan rings is 1. The second-order valence-electron chi connectivity index (χ2n) is 1.83. The van der Waals surface area contributed by atoms with E-state index in [2.05, 4.69) is 4.99 Å². The van der Waals surface area contributed by atoms with Crippen molar-refractivity contribution < 1.29 is 4.42 Å². The van der Waals surface area contributed by atoms with Gasteiger partial charge in [0, 0.05) is 6.07 Å². The Morgan fingerprint density at radius 3 is 2.83 bits per heavy atom. The highest BCUT2D eigenvalue weighted by Crippen LogP contribution is 2.18. The molecule has 0 aliphatic heterocycles. The lowest BCUT2D eigenvalue weighted by Crippen LogP contribution is -2.09. The van der Waals surface area contributed by atoms with Crippen LogP contribution in [0.15, 0.2) is 21.7 Å². The summed E-state index contributed by atoms with van der Waals surface area (Å²) in [6, 6.07) is 1.58. The van der Waals surface area contributed by atoms with Gasteiger partial charge in [0.25, 0.3) is 0 Å². The molecule has 0 spiro atoms. The van der Waals surface area contributed by atoms with Gasteiger partial charge in [-0.25, -0.2) is 4.99 Å². The number of amidine groups is 1. The van der Waals surface area contributed by atoms with Crippen LogP contribution in [0.1, 0.15) is 5.76 Å². The summed E-state index contributed by atoms with van der Waals surface area (Å²) in [5.41, 5.74) is 10.7. The third-order valence-electron chi connectivity index (χ3n) is 1.10. The molecule has 6 heteroatoms. The Hall–Kier alpha value is -1.49. The molecule has 0 bridgehead atoms. The second-order valence-corrected chi connectivity index (χ2v) is 1.83. The van der Waals surface area contributed by atoms with Crippen molar-refractivity contribution in [1.29, 1.82) is 5.41 Å². The molecule has 5 nitrogen and oxygen atoms in total. The zero-order chi connectivity index (χ0) is 8.27. The van der Waals surface area contributed by atoms with Crippen molar-refractivity contribution in [2.75, 3.05) is 0 Å². The van der Waals surface area contributed by atoms with Gasteiger partial charge in [-0.05, 0) is 0 Å². The SMILES string of the molecule is Cl.N=C(N)c1occc1N=CN. The fourth-order valence-corrected chi connectivity index (χ4v) is 0.686. The van der Waals surface area contributed by atoms with Crippen molar-refractivity contribution in [3.8, 4) is 0 Å². The van der Waals surface area contributed by atoms with Gasteiger partial charge in [-0.3, -0.25) is 5.41 Å². The zero-order valence-corrected chi connectivity index (χ0v) is 6.97. The Bertz CT molecular complexity index is 293. The lowest BCUT2D eigenvalue weighted by Gasteiger charge is -1.91. The zero-order valence-electron chi connectivity index (χ0n) is 6.15. The first-order valence-corrected chi connectivity index (χ1v) is 2.92. The van der Waals surface area contributed by atoms with Crippen molar-refractivity contribution in [3.63, 3.8) is 0 Å². The number of nitrogens with one attached hydrogen (secondary N) is 1. The molecule has 66 valence electrons. The average Bonchev–Trinajstić information content (AvgIpc) is 2.36. The maximum atomic E-state index is 7.04. The molecule has 0 saturated carbocycles. The van der Waals surface area contributed by atoms with E-state index in [0.717, 1.165) is 6.34 Å². The summed E-state index contributed by atoms with van der Waals surface area (Å²) in [6.07, 6.45) is 2.52. The standard InChI is InChI=1S/C6H8N4O.ClH/c7-3-10-4-1-2-11-5(4)6(8)9;/h1-3H,(H2,7,10)(H3,8,9);1H. The average molecular weight is 189 g/mol. The summed E-state index contributed by atoms with van der Waals surface area (Å²) in [4.78, 5) is 3.73. The van der Waals surface area contributed by atoms with E-state index in [9.17, 15) is 0 Å². The molecule has 0 aliphatic rings. The summed E-state index contributed by atoms with van der Waals surface area (Å²) in [7, 11) is 0. The molecule has 0 aromatic carbocycles. The highest BCUT2D eigenvalue weighted by atomic mass is 35.5. The minimum atomic E-state index is -0.157. The van der Waals surface area contributed by atoms with E-state index in [1.165, 1.54) is 6.26 Å². The first kappa shape index (κ1) is 10.5. The summed E-state index contributed by atoms with van der Waals surface area (Å²) < 4.78 is 4.86. The number of rotatable bonds is 2. The molecular formula is C6H9ClN4O. The van der Waals surface area contributed by atoms with E-state index in [-0.39, 0.29) is 24.0 Å². The van der Waals surface area contributed by atoms with Gasteiger partial charge < -0.3 is 15.9 Å². The fraction of sp³-hybridized carbons (Fsp3) is 0. The summed E-state index contributed by atoms with van der Waals surface area (Å²) >= 11 is 0. The van der Waals surface area contributed by atoms with E-state index in [1.54, 1.807) is 6.07 Å². The molecule has 0 aliphatic carbocycles. The molecule has 1 rings (SSSR count). The van der Waals surface area contributed by atoms with Crippen LogP contribution in [0, 0.1) is 5.41 Å². The van der Waals surface area contributed by atoms with Crippen molar-refractivity contribution in [2.45, 2.75) is 0 Å². The topological polar surface area (TPSA) is 101 Å². The minimum Gasteiger partial charge on any atom is -0.459 e. The minimum absolute atomic E-state index is 0. The molecule has 0 unspecified atom stereocenters. The molecule has 0 radical (unpaired) electrons. The van der Waals surface area contributed by atoms with Crippen LogP contribution in [0.4, 0.5) is 5.69 Å². The third kappa shape index (κ3) is 2.00. The molecule has 0 saturated heterocycles. The van der Waals surface area contributed by atoms with Crippen molar-refractivity contribution in [3.05, 3.63) is 18.1 Å². The van der Waals surface area contributed by atoms with Crippen LogP contribution in [0.5, 0.6) is 0 Å². The molecule has 5 N–H and O–H groups in total. The normalized spacial score (nSPS) is 9.67. The lowest BCUT2D eigenvalue weighted by molar-refractivity contribution is 0.557. The largest absolute Gasteiger partial charge is 0.459 e. The number of nitrogens with zero attached hydrogens (tertiary/aromatic N) is 1. The van der Waals surface area contributed by atoms with Gasteiger partial charge in [0.15, 0.2) is 11.6 Å². The van der Waals surface area contributed by atoms with Gasteiger partial charge in [0.1, 0.15) is 5.69 Å². The second kappa shape index (κ2) is 4.40. The maximum absolute atomic E-state index is 7.04. The number of hydrogen-bond acceptors (Lipinski definition) is 3. The molecule has 1 heterocycles. The van der Waals surface area contributed by atoms with Crippen molar-refractivity contribution in [2.24, 2.45) is 16.5 Å². The van der Waals surface area contributed by atoms with E-state index in [1.807, 2.05) is 0 Å². The molecular weight excluding hydrogens is 180 g/mol. The summed E-state index contributed by atoms with van der Waals surface area (Å²) in [5.74, 6) is 0.0855. The quantitative estimate of drug-likeness (QED) is 0.468. The Morgan fingerprint density at radius 1 is 1.67 bits per heavy atom. The third-order valence-corrected chi connectivity index (χ3v) is 1.10. The fourth-order valence-electron chi connectivity index (χ4n) is 0.686. The highest BCUT2D eigenvalue weighted by molar-refractivity contribution is 5.97. The number of nitrogen functional groups attached to an aromatic ring is 1. The first-order chi connectivity index (χ1) is 5.25. The molecule has 12 heavy (non-hydrogen) atoms. The molecule has 0 atom stereocenters. The van der Waals surface area contributed by atoms with Gasteiger partial charge in [-0.1, -0.05) is 0 Å². The molecule has 1 aromatic heterocycles. The van der Waals surface area contributed by atoms with E-state index in [0.29, 0.717) is 5.69 Å². The van der Waals surface area contributed by atoms with Crippen LogP contribution >= 0.6 is 12.4 Å². The van der Waals surface area contributed by atoms with Gasteiger partial charge in [-0.15, -0.1) is 12.4 Å². The highest BCUT2D eigenvalue weighted by Gasteiger charge is 2.06. The van der Waals surface area contributed by atoms with Crippen LogP contribution in [0.2, 0.25) is 0 Å². The van der Waals surface area contributed by atoms with Gasteiger partial charge >= 0.3 is 0 Å². The van der Waals surface area contributed by atoms with Gasteiger partial charge in [0.2, 0.25) is 0 Å². The Morgan fingerprint density at radius 2 is 2.33 bits per heavy atom. The van der Waals surface area contributed by atoms with E-state index in [4.69, 9.17) is 21.3 Å². The number of halogens is 1. The van der Waals surface area contributed by atoms with Gasteiger partial charge in [0.05, 0.1) is 12.6 Å². The Kier molecular flexibility index (Phi) is 3.85. The number of aliphatic imine (C=N–C) groups is 1. The Balaban J connectivity index is 0.00000121. The monoisotopic (exact) mass is 188 g/mol. The van der Waals surface area contributed by atoms with E-state index < -0.39 is 0 Å². The van der Waals surface area contributed by atoms with Crippen LogP contribution < -0.4 is 11.5 Å². The molecule has 0 fully saturated rings. The predicted molar refractivity (Wildman–Crippen MR) is 49.3 cm³/mol. The predicted octanol–water partition coefficient (Wildman–Crippen LogP) is 0.604. The van der Waals surface area contributed by atoms with Crippen molar-refractivity contribution >= 4 is 30.3 Å². The molecule has 1 aromatic rings. The summed E-state index contributed by atoms with van der Waals surface area (Å²) in [5, 5.41) is 7.04.